The van der Waals surface area contributed by atoms with E-state index in [0.29, 0.717) is 29.7 Å². The largest absolute Gasteiger partial charge is 0.476 e. The maximum atomic E-state index is 11.5. The number of ether oxygens (including phenoxy) is 1. The fraction of sp³-hybridized carbons (Fsp3) is 0.385. The molecule has 0 unspecified atom stereocenters. The summed E-state index contributed by atoms with van der Waals surface area (Å²) < 4.78 is 7.21. The zero-order chi connectivity index (χ0) is 13.1. The van der Waals surface area contributed by atoms with Crippen LogP contribution in [0.4, 0.5) is 0 Å². The number of fused-ring (bicyclic) bond motifs is 1. The standard InChI is InChI=1S/C13H17N3O2/c1-9(2)6-8-18-13-11(12(14)17)16-7-4-3-5-10(16)15-13/h3-5,7,9H,6,8H2,1-2H3,(H2,14,17). The summed E-state index contributed by atoms with van der Waals surface area (Å²) in [7, 11) is 0. The molecule has 0 aliphatic rings. The number of nitrogens with zero attached hydrogens (tertiary/aromatic N) is 2. The quantitative estimate of drug-likeness (QED) is 0.876. The highest BCUT2D eigenvalue weighted by Crippen LogP contribution is 2.19. The number of imidazole rings is 1. The molecule has 1 amide bonds. The normalized spacial score (nSPS) is 11.1. The molecule has 2 N–H and O–H groups in total. The Hall–Kier alpha value is -2.04. The predicted molar refractivity (Wildman–Crippen MR) is 68.7 cm³/mol. The van der Waals surface area contributed by atoms with Crippen molar-refractivity contribution in [3.63, 3.8) is 0 Å². The minimum atomic E-state index is -0.534. The number of hydrogen-bond acceptors (Lipinski definition) is 3. The molecule has 0 bridgehead atoms. The van der Waals surface area contributed by atoms with Crippen LogP contribution in [-0.4, -0.2) is 21.9 Å². The number of pyridine rings is 1. The SMILES string of the molecule is CC(C)CCOc1nc2ccccn2c1C(N)=O. The number of carbonyl (C=O) groups is 1. The molecular formula is C13H17N3O2. The highest BCUT2D eigenvalue weighted by Gasteiger charge is 2.17. The van der Waals surface area contributed by atoms with Gasteiger partial charge < -0.3 is 10.5 Å². The summed E-state index contributed by atoms with van der Waals surface area (Å²) in [5, 5.41) is 0. The number of primary amides is 1. The number of carbonyl (C=O) groups excluding carboxylic acids is 1. The predicted octanol–water partition coefficient (Wildman–Crippen LogP) is 1.86. The van der Waals surface area contributed by atoms with Crippen molar-refractivity contribution in [3.8, 4) is 5.88 Å². The van der Waals surface area contributed by atoms with Crippen LogP contribution in [0.5, 0.6) is 5.88 Å². The van der Waals surface area contributed by atoms with Gasteiger partial charge in [0, 0.05) is 6.20 Å². The van der Waals surface area contributed by atoms with Crippen LogP contribution in [0, 0.1) is 5.92 Å². The Bertz CT molecular complexity index is 560. The van der Waals surface area contributed by atoms with Gasteiger partial charge in [0.15, 0.2) is 5.69 Å². The minimum absolute atomic E-state index is 0.300. The van der Waals surface area contributed by atoms with Gasteiger partial charge in [-0.3, -0.25) is 9.20 Å². The fourth-order valence-corrected chi connectivity index (χ4v) is 1.69. The number of hydrogen-bond donors (Lipinski definition) is 1. The lowest BCUT2D eigenvalue weighted by Gasteiger charge is -2.06. The lowest BCUT2D eigenvalue weighted by atomic mass is 10.1. The first-order valence-electron chi connectivity index (χ1n) is 5.99. The highest BCUT2D eigenvalue weighted by molar-refractivity contribution is 5.94. The van der Waals surface area contributed by atoms with Crippen LogP contribution in [0.15, 0.2) is 24.4 Å². The molecule has 0 aliphatic heterocycles. The van der Waals surface area contributed by atoms with E-state index in [2.05, 4.69) is 18.8 Å². The van der Waals surface area contributed by atoms with Crippen molar-refractivity contribution in [2.24, 2.45) is 11.7 Å². The first kappa shape index (κ1) is 12.4. The summed E-state index contributed by atoms with van der Waals surface area (Å²) in [5.41, 5.74) is 6.34. The van der Waals surface area contributed by atoms with E-state index in [1.54, 1.807) is 10.6 Å². The maximum Gasteiger partial charge on any atom is 0.271 e. The Kier molecular flexibility index (Phi) is 3.50. The van der Waals surface area contributed by atoms with Gasteiger partial charge in [-0.1, -0.05) is 19.9 Å². The van der Waals surface area contributed by atoms with Crippen LogP contribution >= 0.6 is 0 Å². The van der Waals surface area contributed by atoms with E-state index >= 15 is 0 Å². The maximum absolute atomic E-state index is 11.5. The second-order valence-electron chi connectivity index (χ2n) is 4.59. The van der Waals surface area contributed by atoms with Gasteiger partial charge in [-0.2, -0.15) is 4.98 Å². The van der Waals surface area contributed by atoms with Gasteiger partial charge >= 0.3 is 0 Å². The van der Waals surface area contributed by atoms with Crippen molar-refractivity contribution in [1.82, 2.24) is 9.38 Å². The monoisotopic (exact) mass is 247 g/mol. The molecule has 2 rings (SSSR count). The lowest BCUT2D eigenvalue weighted by Crippen LogP contribution is -2.15. The molecule has 0 atom stereocenters. The van der Waals surface area contributed by atoms with Gasteiger partial charge in [-0.25, -0.2) is 0 Å². The topological polar surface area (TPSA) is 69.6 Å². The molecule has 5 heteroatoms. The Morgan fingerprint density at radius 1 is 1.50 bits per heavy atom. The third kappa shape index (κ3) is 2.45. The first-order chi connectivity index (χ1) is 8.59. The molecule has 0 saturated carbocycles. The molecule has 0 saturated heterocycles. The van der Waals surface area contributed by atoms with Crippen molar-refractivity contribution in [2.45, 2.75) is 20.3 Å². The molecule has 0 aliphatic carbocycles. The summed E-state index contributed by atoms with van der Waals surface area (Å²) >= 11 is 0. The Morgan fingerprint density at radius 2 is 2.28 bits per heavy atom. The summed E-state index contributed by atoms with van der Waals surface area (Å²) in [6.45, 7) is 4.76. The molecule has 0 fully saturated rings. The molecule has 0 spiro atoms. The summed E-state index contributed by atoms with van der Waals surface area (Å²) in [4.78, 5) is 15.7. The van der Waals surface area contributed by atoms with E-state index < -0.39 is 5.91 Å². The molecule has 18 heavy (non-hydrogen) atoms. The van der Waals surface area contributed by atoms with E-state index in [4.69, 9.17) is 10.5 Å². The molecule has 5 nitrogen and oxygen atoms in total. The number of aromatic nitrogens is 2. The van der Waals surface area contributed by atoms with Crippen LogP contribution in [0.25, 0.3) is 5.65 Å². The van der Waals surface area contributed by atoms with Gasteiger partial charge in [0.2, 0.25) is 5.88 Å². The van der Waals surface area contributed by atoms with E-state index in [1.807, 2.05) is 18.2 Å². The lowest BCUT2D eigenvalue weighted by molar-refractivity contribution is 0.0990. The number of nitrogens with two attached hydrogens (primary N) is 1. The Morgan fingerprint density at radius 3 is 2.94 bits per heavy atom. The molecule has 2 aromatic rings. The van der Waals surface area contributed by atoms with E-state index in [0.717, 1.165) is 6.42 Å². The smallest absolute Gasteiger partial charge is 0.271 e. The second-order valence-corrected chi connectivity index (χ2v) is 4.59. The van der Waals surface area contributed by atoms with Crippen LogP contribution in [0.1, 0.15) is 30.8 Å². The number of rotatable bonds is 5. The van der Waals surface area contributed by atoms with Crippen molar-refractivity contribution in [2.75, 3.05) is 6.61 Å². The van der Waals surface area contributed by atoms with Crippen LogP contribution in [-0.2, 0) is 0 Å². The fourth-order valence-electron chi connectivity index (χ4n) is 1.69. The zero-order valence-electron chi connectivity index (χ0n) is 10.6. The molecule has 0 aromatic carbocycles. The number of amides is 1. The summed E-state index contributed by atoms with van der Waals surface area (Å²) in [6.07, 6.45) is 2.66. The van der Waals surface area contributed by atoms with Crippen LogP contribution in [0.3, 0.4) is 0 Å². The van der Waals surface area contributed by atoms with E-state index in [9.17, 15) is 4.79 Å². The summed E-state index contributed by atoms with van der Waals surface area (Å²) in [6, 6.07) is 5.48. The second kappa shape index (κ2) is 5.08. The molecule has 2 aromatic heterocycles. The zero-order valence-corrected chi connectivity index (χ0v) is 10.6. The van der Waals surface area contributed by atoms with Crippen molar-refractivity contribution in [1.29, 1.82) is 0 Å². The van der Waals surface area contributed by atoms with E-state index in [1.165, 1.54) is 0 Å². The average Bonchev–Trinajstić information content (AvgIpc) is 2.66. The van der Waals surface area contributed by atoms with Gasteiger partial charge in [0.05, 0.1) is 6.61 Å². The van der Waals surface area contributed by atoms with Crippen molar-refractivity contribution < 1.29 is 9.53 Å². The van der Waals surface area contributed by atoms with Crippen LogP contribution < -0.4 is 10.5 Å². The molecule has 0 radical (unpaired) electrons. The van der Waals surface area contributed by atoms with E-state index in [-0.39, 0.29) is 0 Å². The van der Waals surface area contributed by atoms with Gasteiger partial charge in [0.25, 0.3) is 5.91 Å². The minimum Gasteiger partial charge on any atom is -0.476 e. The third-order valence-electron chi connectivity index (χ3n) is 2.67. The molecular weight excluding hydrogens is 230 g/mol. The Balaban J connectivity index is 2.31. The summed E-state index contributed by atoms with van der Waals surface area (Å²) in [5.74, 6) is 0.321. The van der Waals surface area contributed by atoms with Gasteiger partial charge in [0.1, 0.15) is 5.65 Å². The average molecular weight is 247 g/mol. The van der Waals surface area contributed by atoms with Gasteiger partial charge in [-0.05, 0) is 24.5 Å². The molecule has 2 heterocycles. The van der Waals surface area contributed by atoms with Crippen molar-refractivity contribution >= 4 is 11.6 Å². The van der Waals surface area contributed by atoms with Crippen LogP contribution in [0.2, 0.25) is 0 Å². The Labute approximate surface area is 106 Å². The highest BCUT2D eigenvalue weighted by atomic mass is 16.5. The first-order valence-corrected chi connectivity index (χ1v) is 5.99. The van der Waals surface area contributed by atoms with Gasteiger partial charge in [-0.15, -0.1) is 0 Å². The third-order valence-corrected chi connectivity index (χ3v) is 2.67. The van der Waals surface area contributed by atoms with Crippen molar-refractivity contribution in [3.05, 3.63) is 30.1 Å². The molecule has 96 valence electrons.